The molecule has 2 amide bonds. The molecule has 1 aromatic rings. The lowest BCUT2D eigenvalue weighted by Crippen LogP contribution is -2.29. The van der Waals surface area contributed by atoms with Crippen molar-refractivity contribution in [2.24, 2.45) is 0 Å². The number of rotatable bonds is 3. The Hall–Kier alpha value is -0.740. The zero-order valence-corrected chi connectivity index (χ0v) is 7.91. The van der Waals surface area contributed by atoms with Crippen LogP contribution in [0.3, 0.4) is 0 Å². The fourth-order valence-electron chi connectivity index (χ4n) is 0.667. The topological polar surface area (TPSA) is 41.1 Å². The minimum absolute atomic E-state index is 0.210. The molecule has 12 heavy (non-hydrogen) atoms. The van der Waals surface area contributed by atoms with E-state index in [2.05, 4.69) is 10.6 Å². The fraction of sp³-hybridized carbons (Fsp3) is 0.286. The van der Waals surface area contributed by atoms with Crippen molar-refractivity contribution in [3.8, 4) is 0 Å². The van der Waals surface area contributed by atoms with Crippen LogP contribution in [0, 0.1) is 0 Å². The normalized spacial score (nSPS) is 9.42. The first-order valence-corrected chi connectivity index (χ1v) is 4.88. The lowest BCUT2D eigenvalue weighted by Gasteiger charge is -2.02. The average molecular weight is 205 g/mol. The molecule has 0 bridgehead atoms. The van der Waals surface area contributed by atoms with Gasteiger partial charge in [0.2, 0.25) is 0 Å². The van der Waals surface area contributed by atoms with E-state index in [9.17, 15) is 4.79 Å². The lowest BCUT2D eigenvalue weighted by molar-refractivity contribution is 0.252. The van der Waals surface area contributed by atoms with Crippen molar-refractivity contribution in [2.45, 2.75) is 0 Å². The molecule has 2 N–H and O–H groups in total. The molecule has 1 aromatic heterocycles. The lowest BCUT2D eigenvalue weighted by atomic mass is 10.6. The minimum atomic E-state index is -0.210. The van der Waals surface area contributed by atoms with Gasteiger partial charge in [-0.2, -0.15) is 0 Å². The van der Waals surface area contributed by atoms with E-state index in [1.54, 1.807) is 0 Å². The summed E-state index contributed by atoms with van der Waals surface area (Å²) in [6, 6.07) is 3.50. The second kappa shape index (κ2) is 5.00. The number of carbonyl (C=O) groups is 1. The molecule has 0 aromatic carbocycles. The van der Waals surface area contributed by atoms with E-state index in [1.807, 2.05) is 17.5 Å². The molecular weight excluding hydrogens is 196 g/mol. The van der Waals surface area contributed by atoms with Gasteiger partial charge >= 0.3 is 6.03 Å². The Labute approximate surface area is 79.7 Å². The summed E-state index contributed by atoms with van der Waals surface area (Å²) in [5.41, 5.74) is 0. The van der Waals surface area contributed by atoms with Crippen LogP contribution in [-0.4, -0.2) is 18.5 Å². The molecule has 0 aliphatic heterocycles. The van der Waals surface area contributed by atoms with Crippen LogP contribution in [-0.2, 0) is 0 Å². The molecule has 0 fully saturated rings. The number of urea groups is 1. The first-order valence-electron chi connectivity index (χ1n) is 3.47. The number of hydrogen-bond acceptors (Lipinski definition) is 2. The molecule has 0 saturated carbocycles. The summed E-state index contributed by atoms with van der Waals surface area (Å²) < 4.78 is 0. The zero-order valence-electron chi connectivity index (χ0n) is 6.34. The zero-order chi connectivity index (χ0) is 8.81. The highest BCUT2D eigenvalue weighted by Crippen LogP contribution is 2.14. The van der Waals surface area contributed by atoms with Crippen LogP contribution in [0.4, 0.5) is 9.80 Å². The number of nitrogens with one attached hydrogen (secondary N) is 2. The molecule has 0 spiro atoms. The summed E-state index contributed by atoms with van der Waals surface area (Å²) in [6.45, 7) is 0.485. The maximum absolute atomic E-state index is 11.0. The number of hydrogen-bond donors (Lipinski definition) is 2. The van der Waals surface area contributed by atoms with Gasteiger partial charge < -0.3 is 5.32 Å². The molecule has 1 rings (SSSR count). The van der Waals surface area contributed by atoms with Gasteiger partial charge in [-0.05, 0) is 17.5 Å². The first kappa shape index (κ1) is 9.35. The van der Waals surface area contributed by atoms with Crippen LogP contribution in [0.25, 0.3) is 0 Å². The quantitative estimate of drug-likeness (QED) is 0.728. The van der Waals surface area contributed by atoms with Crippen LogP contribution in [0.2, 0.25) is 0 Å². The van der Waals surface area contributed by atoms with Gasteiger partial charge in [-0.1, -0.05) is 0 Å². The summed E-state index contributed by atoms with van der Waals surface area (Å²) in [5.74, 6) is 0.428. The van der Waals surface area contributed by atoms with E-state index in [4.69, 9.17) is 11.6 Å². The molecule has 0 unspecified atom stereocenters. The smallest absolute Gasteiger partial charge is 0.319 e. The van der Waals surface area contributed by atoms with Gasteiger partial charge in [0.15, 0.2) is 0 Å². The number of halogens is 1. The van der Waals surface area contributed by atoms with E-state index >= 15 is 0 Å². The van der Waals surface area contributed by atoms with Crippen molar-refractivity contribution >= 4 is 34.0 Å². The van der Waals surface area contributed by atoms with Crippen LogP contribution < -0.4 is 10.6 Å². The number of thiophene rings is 1. The summed E-state index contributed by atoms with van der Waals surface area (Å²) in [6.07, 6.45) is 0. The van der Waals surface area contributed by atoms with Gasteiger partial charge in [-0.3, -0.25) is 5.32 Å². The monoisotopic (exact) mass is 204 g/mol. The van der Waals surface area contributed by atoms with E-state index in [0.717, 1.165) is 5.00 Å². The number of carbonyl (C=O) groups excluding carboxylic acids is 1. The second-order valence-electron chi connectivity index (χ2n) is 2.05. The molecule has 0 aliphatic rings. The highest BCUT2D eigenvalue weighted by molar-refractivity contribution is 7.14. The van der Waals surface area contributed by atoms with Gasteiger partial charge in [-0.25, -0.2) is 4.79 Å². The molecule has 3 nitrogen and oxygen atoms in total. The van der Waals surface area contributed by atoms with E-state index in [-0.39, 0.29) is 6.03 Å². The SMILES string of the molecule is O=C(NCCCl)Nc1cccs1. The van der Waals surface area contributed by atoms with E-state index < -0.39 is 0 Å². The Morgan fingerprint density at radius 3 is 3.08 bits per heavy atom. The molecule has 0 aliphatic carbocycles. The van der Waals surface area contributed by atoms with Crippen molar-refractivity contribution in [3.63, 3.8) is 0 Å². The predicted molar refractivity (Wildman–Crippen MR) is 52.1 cm³/mol. The van der Waals surface area contributed by atoms with Crippen LogP contribution in [0.15, 0.2) is 17.5 Å². The first-order chi connectivity index (χ1) is 5.83. The molecule has 0 atom stereocenters. The third-order valence-electron chi connectivity index (χ3n) is 1.14. The summed E-state index contributed by atoms with van der Waals surface area (Å²) in [4.78, 5) is 11.0. The van der Waals surface area contributed by atoms with E-state index in [1.165, 1.54) is 11.3 Å². The Morgan fingerprint density at radius 2 is 2.50 bits per heavy atom. The molecular formula is C7H9ClN2OS. The largest absolute Gasteiger partial charge is 0.337 e. The minimum Gasteiger partial charge on any atom is -0.337 e. The third kappa shape index (κ3) is 3.11. The summed E-state index contributed by atoms with van der Waals surface area (Å²) in [5, 5.41) is 8.00. The third-order valence-corrected chi connectivity index (χ3v) is 2.11. The second-order valence-corrected chi connectivity index (χ2v) is 3.37. The maximum atomic E-state index is 11.0. The Bertz CT molecular complexity index is 238. The molecule has 66 valence electrons. The van der Waals surface area contributed by atoms with Crippen molar-refractivity contribution in [1.29, 1.82) is 0 Å². The number of anilines is 1. The van der Waals surface area contributed by atoms with Gasteiger partial charge in [0.1, 0.15) is 0 Å². The van der Waals surface area contributed by atoms with Crippen molar-refractivity contribution in [2.75, 3.05) is 17.7 Å². The van der Waals surface area contributed by atoms with Gasteiger partial charge in [0.25, 0.3) is 0 Å². The van der Waals surface area contributed by atoms with Crippen LogP contribution >= 0.6 is 22.9 Å². The van der Waals surface area contributed by atoms with Crippen molar-refractivity contribution in [1.82, 2.24) is 5.32 Å². The highest BCUT2D eigenvalue weighted by Gasteiger charge is 1.99. The van der Waals surface area contributed by atoms with Gasteiger partial charge in [0.05, 0.1) is 5.00 Å². The highest BCUT2D eigenvalue weighted by atomic mass is 35.5. The number of amides is 2. The van der Waals surface area contributed by atoms with Crippen LogP contribution in [0.5, 0.6) is 0 Å². The number of alkyl halides is 1. The summed E-state index contributed by atoms with van der Waals surface area (Å²) >= 11 is 6.87. The van der Waals surface area contributed by atoms with Crippen molar-refractivity contribution in [3.05, 3.63) is 17.5 Å². The molecule has 5 heteroatoms. The Morgan fingerprint density at radius 1 is 1.67 bits per heavy atom. The molecule has 0 radical (unpaired) electrons. The Balaban J connectivity index is 2.27. The maximum Gasteiger partial charge on any atom is 0.319 e. The van der Waals surface area contributed by atoms with E-state index in [0.29, 0.717) is 12.4 Å². The van der Waals surface area contributed by atoms with Gasteiger partial charge in [0, 0.05) is 12.4 Å². The van der Waals surface area contributed by atoms with Crippen LogP contribution in [0.1, 0.15) is 0 Å². The fourth-order valence-corrected chi connectivity index (χ4v) is 1.37. The van der Waals surface area contributed by atoms with Crippen molar-refractivity contribution < 1.29 is 4.79 Å². The average Bonchev–Trinajstić information content (AvgIpc) is 2.53. The standard InChI is InChI=1S/C7H9ClN2OS/c8-3-4-9-7(11)10-6-2-1-5-12-6/h1-2,5H,3-4H2,(H2,9,10,11). The predicted octanol–water partition coefficient (Wildman–Crippen LogP) is 2.11. The molecule has 0 saturated heterocycles. The molecule has 1 heterocycles. The van der Waals surface area contributed by atoms with Gasteiger partial charge in [-0.15, -0.1) is 22.9 Å². The Kier molecular flexibility index (Phi) is 3.90. The summed E-state index contributed by atoms with van der Waals surface area (Å²) in [7, 11) is 0.